The number of aromatic nitrogens is 2. The van der Waals surface area contributed by atoms with Crippen molar-refractivity contribution in [3.8, 4) is 33.9 Å². The quantitative estimate of drug-likeness (QED) is 0.155. The summed E-state index contributed by atoms with van der Waals surface area (Å²) in [6, 6.07) is 28.3. The van der Waals surface area contributed by atoms with Gasteiger partial charge in [0.1, 0.15) is 5.44 Å². The Morgan fingerprint density at radius 3 is 2.38 bits per heavy atom. The summed E-state index contributed by atoms with van der Waals surface area (Å²) in [5, 5.41) is 1.28. The molecule has 1 aliphatic rings. The molecule has 1 unspecified atom stereocenters. The zero-order chi connectivity index (χ0) is 26.5. The van der Waals surface area contributed by atoms with Gasteiger partial charge in [0, 0.05) is 29.5 Å². The molecule has 0 amide bonds. The zero-order valence-electron chi connectivity index (χ0n) is 20.3. The van der Waals surface area contributed by atoms with Gasteiger partial charge in [0.25, 0.3) is 0 Å². The minimum Gasteiger partial charge on any atom is -0.460 e. The van der Waals surface area contributed by atoms with Crippen LogP contribution in [0.5, 0.6) is 11.6 Å². The van der Waals surface area contributed by atoms with Gasteiger partial charge in [-0.1, -0.05) is 35.1 Å². The van der Waals surface area contributed by atoms with Crippen molar-refractivity contribution in [3.05, 3.63) is 115 Å². The summed E-state index contributed by atoms with van der Waals surface area (Å²) in [7, 11) is -3.29. The molecule has 0 bridgehead atoms. The molecule has 3 aromatic carbocycles. The van der Waals surface area contributed by atoms with Gasteiger partial charge in [0.05, 0.1) is 5.56 Å². The number of rotatable bonds is 4. The Hall–Kier alpha value is -3.53. The number of alkyl halides is 3. The van der Waals surface area contributed by atoms with Crippen molar-refractivity contribution in [1.82, 2.24) is 9.97 Å². The smallest absolute Gasteiger partial charge is 0.460 e. The van der Waals surface area contributed by atoms with Crippen LogP contribution in [-0.2, 0) is 31.8 Å². The molecule has 0 N–H and O–H groups in total. The standard InChI is InChI=1S/C30H18F3N2O2P.Pt/c1-19-11-13-35-29(15-19)38(36)26-8-3-2-7-24(26)25-10-9-21(17-27(25)38)20-5-4-6-23(16-20)37-28-18-22(12-14-34-28)30(31,32)33;/h2-15,18H,1H3;/q-2;+2. The van der Waals surface area contributed by atoms with Gasteiger partial charge in [-0.15, -0.1) is 18.2 Å². The Labute approximate surface area is 237 Å². The summed E-state index contributed by atoms with van der Waals surface area (Å²) >= 11 is 0. The van der Waals surface area contributed by atoms with E-state index in [2.05, 4.69) is 22.1 Å². The van der Waals surface area contributed by atoms with Crippen LogP contribution in [0.2, 0.25) is 0 Å². The van der Waals surface area contributed by atoms with Gasteiger partial charge >= 0.3 is 27.2 Å². The molecule has 1 aliphatic heterocycles. The maximum absolute atomic E-state index is 14.8. The zero-order valence-corrected chi connectivity index (χ0v) is 23.4. The second-order valence-corrected chi connectivity index (χ2v) is 11.5. The van der Waals surface area contributed by atoms with E-state index in [1.54, 1.807) is 24.4 Å². The molecular formula is C30H18F3N2O2PPt. The number of hydrogen-bond acceptors (Lipinski definition) is 4. The summed E-state index contributed by atoms with van der Waals surface area (Å²) < 4.78 is 59.6. The van der Waals surface area contributed by atoms with E-state index in [1.807, 2.05) is 55.5 Å². The Balaban J connectivity index is 0.00000308. The van der Waals surface area contributed by atoms with Crippen molar-refractivity contribution in [1.29, 1.82) is 0 Å². The van der Waals surface area contributed by atoms with E-state index in [4.69, 9.17) is 4.74 Å². The summed E-state index contributed by atoms with van der Waals surface area (Å²) in [6.07, 6.45) is -1.81. The number of aryl methyl sites for hydroxylation is 1. The predicted octanol–water partition coefficient (Wildman–Crippen LogP) is 6.48. The number of benzene rings is 3. The third-order valence-electron chi connectivity index (χ3n) is 6.33. The molecule has 0 saturated heterocycles. The summed E-state index contributed by atoms with van der Waals surface area (Å²) in [5.74, 6) is -0.00771. The molecule has 5 aromatic rings. The van der Waals surface area contributed by atoms with E-state index < -0.39 is 18.9 Å². The second-order valence-electron chi connectivity index (χ2n) is 8.86. The van der Waals surface area contributed by atoms with Gasteiger partial charge in [-0.25, -0.2) is 16.1 Å². The molecule has 0 fully saturated rings. The molecule has 9 heteroatoms. The normalized spacial score (nSPS) is 15.7. The molecular weight excluding hydrogens is 703 g/mol. The van der Waals surface area contributed by atoms with E-state index in [0.717, 1.165) is 40.3 Å². The topological polar surface area (TPSA) is 52.1 Å². The molecule has 39 heavy (non-hydrogen) atoms. The van der Waals surface area contributed by atoms with Gasteiger partial charge in [-0.3, -0.25) is 4.98 Å². The molecule has 0 spiro atoms. The number of halogens is 3. The van der Waals surface area contributed by atoms with Crippen molar-refractivity contribution in [2.75, 3.05) is 0 Å². The first-order valence-corrected chi connectivity index (χ1v) is 13.4. The third-order valence-corrected chi connectivity index (χ3v) is 9.27. The molecule has 1 atom stereocenters. The molecule has 0 radical (unpaired) electrons. The Bertz CT molecular complexity index is 1760. The summed E-state index contributed by atoms with van der Waals surface area (Å²) in [6.45, 7) is 1.93. The van der Waals surface area contributed by atoms with Gasteiger partial charge in [-0.05, 0) is 36.2 Å². The first-order valence-electron chi connectivity index (χ1n) is 11.7. The Morgan fingerprint density at radius 2 is 1.59 bits per heavy atom. The van der Waals surface area contributed by atoms with E-state index in [9.17, 15) is 17.7 Å². The monoisotopic (exact) mass is 721 g/mol. The summed E-state index contributed by atoms with van der Waals surface area (Å²) in [4.78, 5) is 8.37. The van der Waals surface area contributed by atoms with E-state index in [-0.39, 0.29) is 32.7 Å². The molecule has 196 valence electrons. The molecule has 2 aromatic heterocycles. The third kappa shape index (κ3) is 4.86. The molecule has 6 rings (SSSR count). The fraction of sp³-hybridized carbons (Fsp3) is 0.0667. The number of pyridine rings is 2. The van der Waals surface area contributed by atoms with E-state index >= 15 is 0 Å². The van der Waals surface area contributed by atoms with Crippen LogP contribution in [0.1, 0.15) is 11.1 Å². The van der Waals surface area contributed by atoms with Gasteiger partial charge in [-0.2, -0.15) is 37.4 Å². The first-order chi connectivity index (χ1) is 18.2. The minimum atomic E-state index is -4.51. The maximum Gasteiger partial charge on any atom is 2.00 e. The van der Waals surface area contributed by atoms with Crippen LogP contribution in [0.4, 0.5) is 13.2 Å². The summed E-state index contributed by atoms with van der Waals surface area (Å²) in [5.41, 5.74) is 3.50. The Morgan fingerprint density at radius 1 is 0.821 bits per heavy atom. The number of hydrogen-bond donors (Lipinski definition) is 0. The Kier molecular flexibility index (Phi) is 7.09. The number of fused-ring (bicyclic) bond motifs is 3. The molecule has 0 aliphatic carbocycles. The van der Waals surface area contributed by atoms with Crippen molar-refractivity contribution < 1.29 is 43.5 Å². The van der Waals surface area contributed by atoms with Crippen LogP contribution >= 0.6 is 7.14 Å². The van der Waals surface area contributed by atoms with Gasteiger partial charge in [0.15, 0.2) is 7.14 Å². The van der Waals surface area contributed by atoms with Crippen LogP contribution < -0.4 is 20.8 Å². The second kappa shape index (κ2) is 10.2. The largest absolute Gasteiger partial charge is 2.00 e. The van der Waals surface area contributed by atoms with Gasteiger partial charge < -0.3 is 9.30 Å². The SMILES string of the molecule is Cc1ccnc(P2(=O)c3[c-]c(-c4[c-]c(Oc5cc(C(F)(F)F)ccn5)ccc4)ccc3-c3ccccc32)c1.[Pt+2]. The number of nitrogens with zero attached hydrogens (tertiary/aromatic N) is 2. The molecule has 4 nitrogen and oxygen atoms in total. The first kappa shape index (κ1) is 27.1. The van der Waals surface area contributed by atoms with Crippen LogP contribution in [0.25, 0.3) is 22.3 Å². The van der Waals surface area contributed by atoms with Crippen LogP contribution in [0, 0.1) is 19.1 Å². The average molecular weight is 722 g/mol. The van der Waals surface area contributed by atoms with Crippen LogP contribution in [-0.4, -0.2) is 9.97 Å². The van der Waals surface area contributed by atoms with E-state index in [1.165, 1.54) is 0 Å². The molecule has 3 heterocycles. The van der Waals surface area contributed by atoms with Crippen LogP contribution in [0.15, 0.2) is 91.3 Å². The fourth-order valence-electron chi connectivity index (χ4n) is 4.55. The van der Waals surface area contributed by atoms with Crippen molar-refractivity contribution in [3.63, 3.8) is 0 Å². The predicted molar refractivity (Wildman–Crippen MR) is 140 cm³/mol. The minimum absolute atomic E-state index is 0. The average Bonchev–Trinajstić information content (AvgIpc) is 3.17. The van der Waals surface area contributed by atoms with Crippen LogP contribution in [0.3, 0.4) is 0 Å². The van der Waals surface area contributed by atoms with Crippen molar-refractivity contribution in [2.45, 2.75) is 13.1 Å². The number of ether oxygens (including phenoxy) is 1. The van der Waals surface area contributed by atoms with Gasteiger partial charge in [0.2, 0.25) is 5.88 Å². The van der Waals surface area contributed by atoms with E-state index in [0.29, 0.717) is 21.9 Å². The maximum atomic E-state index is 14.8. The van der Waals surface area contributed by atoms with Crippen molar-refractivity contribution in [2.24, 2.45) is 0 Å². The van der Waals surface area contributed by atoms with Crippen molar-refractivity contribution >= 4 is 23.2 Å². The molecule has 0 saturated carbocycles. The fourth-order valence-corrected chi connectivity index (χ4v) is 7.52.